The van der Waals surface area contributed by atoms with Gasteiger partial charge in [-0.05, 0) is 66.0 Å². The minimum atomic E-state index is -0.134. The highest BCUT2D eigenvalue weighted by atomic mass is 16.5. The zero-order chi connectivity index (χ0) is 20.0. The van der Waals surface area contributed by atoms with E-state index in [1.54, 1.807) is 0 Å². The Kier molecular flexibility index (Phi) is 6.61. The average molecular weight is 382 g/mol. The Bertz CT molecular complexity index is 808. The van der Waals surface area contributed by atoms with Crippen LogP contribution in [0.5, 0.6) is 11.5 Å². The van der Waals surface area contributed by atoms with Gasteiger partial charge in [-0.3, -0.25) is 4.79 Å². The Morgan fingerprint density at radius 1 is 1.00 bits per heavy atom. The van der Waals surface area contributed by atoms with Crippen molar-refractivity contribution in [3.8, 4) is 11.5 Å². The second kappa shape index (κ2) is 9.13. The Morgan fingerprint density at radius 2 is 1.75 bits per heavy atom. The highest BCUT2D eigenvalue weighted by Crippen LogP contribution is 2.30. The van der Waals surface area contributed by atoms with Crippen LogP contribution in [0.25, 0.3) is 0 Å². The van der Waals surface area contributed by atoms with Crippen molar-refractivity contribution in [2.45, 2.75) is 51.9 Å². The molecule has 2 aromatic carbocycles. The molecular weight excluding hydrogens is 350 g/mol. The third kappa shape index (κ3) is 5.51. The first-order valence-electron chi connectivity index (χ1n) is 10.2. The van der Waals surface area contributed by atoms with E-state index in [1.807, 2.05) is 24.3 Å². The van der Waals surface area contributed by atoms with Crippen molar-refractivity contribution < 1.29 is 14.3 Å². The van der Waals surface area contributed by atoms with Crippen molar-refractivity contribution in [1.29, 1.82) is 0 Å². The molecule has 0 unspecified atom stereocenters. The molecule has 0 bridgehead atoms. The number of benzene rings is 2. The quantitative estimate of drug-likeness (QED) is 0.722. The molecule has 0 aromatic heterocycles. The van der Waals surface area contributed by atoms with Crippen LogP contribution in [-0.4, -0.2) is 25.7 Å². The van der Waals surface area contributed by atoms with Crippen molar-refractivity contribution in [2.24, 2.45) is 0 Å². The lowest BCUT2D eigenvalue weighted by molar-refractivity contribution is -0.123. The van der Waals surface area contributed by atoms with E-state index in [0.29, 0.717) is 13.2 Å². The number of aryl methyl sites for hydroxylation is 2. The molecule has 0 saturated heterocycles. The molecule has 1 N–H and O–H groups in total. The third-order valence-electron chi connectivity index (χ3n) is 5.07. The zero-order valence-electron chi connectivity index (χ0n) is 17.2. The standard InChI is InChI=1S/C24H31NO3/c1-24(2,3)21-10-6-7-11-22(21)27-15-14-25-23(26)17-28-20-13-12-18-8-4-5-9-19(18)16-20/h6-7,10-13,16H,4-5,8-9,14-15,17H2,1-3H3,(H,25,26). The first-order chi connectivity index (χ1) is 13.4. The summed E-state index contributed by atoms with van der Waals surface area (Å²) in [6.07, 6.45) is 4.74. The maximum atomic E-state index is 12.1. The van der Waals surface area contributed by atoms with Crippen LogP contribution in [0.2, 0.25) is 0 Å². The number of nitrogens with one attached hydrogen (secondary N) is 1. The first kappa shape index (κ1) is 20.2. The highest BCUT2D eigenvalue weighted by Gasteiger charge is 2.18. The number of carbonyl (C=O) groups excluding carboxylic acids is 1. The summed E-state index contributed by atoms with van der Waals surface area (Å²) in [5.74, 6) is 1.51. The number of carbonyl (C=O) groups is 1. The lowest BCUT2D eigenvalue weighted by Crippen LogP contribution is -2.32. The molecule has 150 valence electrons. The van der Waals surface area contributed by atoms with Crippen LogP contribution in [0.15, 0.2) is 42.5 Å². The SMILES string of the molecule is CC(C)(C)c1ccccc1OCCNC(=O)COc1ccc2c(c1)CCCC2. The maximum absolute atomic E-state index is 12.1. The Labute approximate surface area is 168 Å². The van der Waals surface area contributed by atoms with Gasteiger partial charge in [0.1, 0.15) is 18.1 Å². The minimum absolute atomic E-state index is 0.0164. The molecular formula is C24H31NO3. The lowest BCUT2D eigenvalue weighted by atomic mass is 9.86. The van der Waals surface area contributed by atoms with Crippen LogP contribution in [0.4, 0.5) is 0 Å². The number of fused-ring (bicyclic) bond motifs is 1. The number of ether oxygens (including phenoxy) is 2. The third-order valence-corrected chi connectivity index (χ3v) is 5.07. The lowest BCUT2D eigenvalue weighted by Gasteiger charge is -2.22. The maximum Gasteiger partial charge on any atom is 0.258 e. The highest BCUT2D eigenvalue weighted by molar-refractivity contribution is 5.77. The van der Waals surface area contributed by atoms with Gasteiger partial charge in [-0.2, -0.15) is 0 Å². The van der Waals surface area contributed by atoms with Crippen LogP contribution in [-0.2, 0) is 23.1 Å². The molecule has 28 heavy (non-hydrogen) atoms. The normalized spacial score (nSPS) is 13.5. The molecule has 1 aliphatic carbocycles. The van der Waals surface area contributed by atoms with Crippen molar-refractivity contribution in [3.63, 3.8) is 0 Å². The molecule has 1 amide bonds. The summed E-state index contributed by atoms with van der Waals surface area (Å²) in [5.41, 5.74) is 3.95. The van der Waals surface area contributed by atoms with E-state index in [1.165, 1.54) is 24.0 Å². The van der Waals surface area contributed by atoms with E-state index < -0.39 is 0 Å². The van der Waals surface area contributed by atoms with Gasteiger partial charge in [0.05, 0.1) is 6.54 Å². The van der Waals surface area contributed by atoms with Crippen molar-refractivity contribution >= 4 is 5.91 Å². The number of amides is 1. The predicted octanol–water partition coefficient (Wildman–Crippen LogP) is 4.44. The molecule has 3 rings (SSSR count). The Hall–Kier alpha value is -2.49. The van der Waals surface area contributed by atoms with Crippen LogP contribution in [0.3, 0.4) is 0 Å². The van der Waals surface area contributed by atoms with E-state index in [-0.39, 0.29) is 17.9 Å². The summed E-state index contributed by atoms with van der Waals surface area (Å²) < 4.78 is 11.5. The van der Waals surface area contributed by atoms with Gasteiger partial charge in [-0.15, -0.1) is 0 Å². The van der Waals surface area contributed by atoms with E-state index in [2.05, 4.69) is 44.3 Å². The molecule has 1 aliphatic rings. The van der Waals surface area contributed by atoms with Crippen molar-refractivity contribution in [1.82, 2.24) is 5.32 Å². The molecule has 0 heterocycles. The summed E-state index contributed by atoms with van der Waals surface area (Å²) in [6, 6.07) is 14.2. The first-order valence-corrected chi connectivity index (χ1v) is 10.2. The number of hydrogen-bond donors (Lipinski definition) is 1. The van der Waals surface area contributed by atoms with Gasteiger partial charge < -0.3 is 14.8 Å². The summed E-state index contributed by atoms with van der Waals surface area (Å²) >= 11 is 0. The molecule has 2 aromatic rings. The van der Waals surface area contributed by atoms with Crippen molar-refractivity contribution in [2.75, 3.05) is 19.8 Å². The molecule has 0 fully saturated rings. The Balaban J connectivity index is 1.41. The fourth-order valence-electron chi connectivity index (χ4n) is 3.56. The van der Waals surface area contributed by atoms with Crippen LogP contribution in [0.1, 0.15) is 50.3 Å². The second-order valence-corrected chi connectivity index (χ2v) is 8.37. The number of hydrogen-bond acceptors (Lipinski definition) is 3. The van der Waals surface area contributed by atoms with Crippen molar-refractivity contribution in [3.05, 3.63) is 59.2 Å². The summed E-state index contributed by atoms with van der Waals surface area (Å²) in [7, 11) is 0. The fourth-order valence-corrected chi connectivity index (χ4v) is 3.56. The van der Waals surface area contributed by atoms with Gasteiger partial charge in [0.25, 0.3) is 5.91 Å². The molecule has 0 aliphatic heterocycles. The van der Waals surface area contributed by atoms with E-state index in [0.717, 1.165) is 29.9 Å². The monoisotopic (exact) mass is 381 g/mol. The molecule has 0 radical (unpaired) electrons. The predicted molar refractivity (Wildman–Crippen MR) is 112 cm³/mol. The van der Waals surface area contributed by atoms with Crippen LogP contribution >= 0.6 is 0 Å². The average Bonchev–Trinajstić information content (AvgIpc) is 2.69. The van der Waals surface area contributed by atoms with Gasteiger partial charge >= 0.3 is 0 Å². The minimum Gasteiger partial charge on any atom is -0.491 e. The Morgan fingerprint density at radius 3 is 2.54 bits per heavy atom. The topological polar surface area (TPSA) is 47.6 Å². The van der Waals surface area contributed by atoms with Crippen LogP contribution in [0, 0.1) is 0 Å². The summed E-state index contributed by atoms with van der Waals surface area (Å²) in [6.45, 7) is 7.39. The van der Waals surface area contributed by atoms with Gasteiger partial charge in [0, 0.05) is 0 Å². The van der Waals surface area contributed by atoms with E-state index in [9.17, 15) is 4.79 Å². The molecule has 0 spiro atoms. The summed E-state index contributed by atoms with van der Waals surface area (Å²) in [4.78, 5) is 12.1. The zero-order valence-corrected chi connectivity index (χ0v) is 17.2. The van der Waals surface area contributed by atoms with Gasteiger partial charge in [-0.25, -0.2) is 0 Å². The van der Waals surface area contributed by atoms with Gasteiger partial charge in [0.15, 0.2) is 6.61 Å². The van der Waals surface area contributed by atoms with Gasteiger partial charge in [-0.1, -0.05) is 45.0 Å². The second-order valence-electron chi connectivity index (χ2n) is 8.37. The van der Waals surface area contributed by atoms with Gasteiger partial charge in [0.2, 0.25) is 0 Å². The number of rotatable bonds is 7. The molecule has 4 nitrogen and oxygen atoms in total. The largest absolute Gasteiger partial charge is 0.491 e. The van der Waals surface area contributed by atoms with Crippen LogP contribution < -0.4 is 14.8 Å². The molecule has 0 atom stereocenters. The van der Waals surface area contributed by atoms with E-state index in [4.69, 9.17) is 9.47 Å². The fraction of sp³-hybridized carbons (Fsp3) is 0.458. The number of para-hydroxylation sites is 1. The molecule has 4 heteroatoms. The molecule has 0 saturated carbocycles. The smallest absolute Gasteiger partial charge is 0.258 e. The summed E-state index contributed by atoms with van der Waals surface area (Å²) in [5, 5.41) is 2.85. The van der Waals surface area contributed by atoms with E-state index >= 15 is 0 Å².